The van der Waals surface area contributed by atoms with Gasteiger partial charge in [0, 0.05) is 42.2 Å². The monoisotopic (exact) mass is 378 g/mol. The van der Waals surface area contributed by atoms with Gasteiger partial charge >= 0.3 is 5.63 Å². The molecule has 144 valence electrons. The SMILES string of the molecule is O=C(NC1CCN(c2cc(C3CC3)[nH]n2)CC1)c1cc2ccccc2oc1=O. The molecule has 28 heavy (non-hydrogen) atoms. The Kier molecular flexibility index (Phi) is 4.15. The number of benzene rings is 1. The molecule has 0 unspecified atom stereocenters. The Hall–Kier alpha value is -3.09. The molecular formula is C21H22N4O3. The van der Waals surface area contributed by atoms with Gasteiger partial charge in [-0.25, -0.2) is 4.79 Å². The number of H-pyrrole nitrogens is 1. The van der Waals surface area contributed by atoms with Crippen molar-refractivity contribution in [2.24, 2.45) is 0 Å². The smallest absolute Gasteiger partial charge is 0.349 e. The van der Waals surface area contributed by atoms with Crippen molar-refractivity contribution in [1.29, 1.82) is 0 Å². The lowest BCUT2D eigenvalue weighted by molar-refractivity contribution is 0.0927. The molecule has 7 nitrogen and oxygen atoms in total. The van der Waals surface area contributed by atoms with E-state index in [2.05, 4.69) is 26.5 Å². The zero-order chi connectivity index (χ0) is 19.1. The first-order chi connectivity index (χ1) is 13.7. The summed E-state index contributed by atoms with van der Waals surface area (Å²) in [5.74, 6) is 1.28. The van der Waals surface area contributed by atoms with Crippen LogP contribution >= 0.6 is 0 Å². The molecule has 3 aromatic rings. The molecule has 5 rings (SSSR count). The molecular weight excluding hydrogens is 356 g/mol. The molecule has 7 heteroatoms. The number of piperidine rings is 1. The topological polar surface area (TPSA) is 91.2 Å². The third-order valence-electron chi connectivity index (χ3n) is 5.64. The quantitative estimate of drug-likeness (QED) is 0.681. The number of hydrogen-bond donors (Lipinski definition) is 2. The summed E-state index contributed by atoms with van der Waals surface area (Å²) in [4.78, 5) is 27.0. The van der Waals surface area contributed by atoms with Crippen LogP contribution in [0.3, 0.4) is 0 Å². The average molecular weight is 378 g/mol. The number of nitrogens with zero attached hydrogens (tertiary/aromatic N) is 2. The van der Waals surface area contributed by atoms with Crippen molar-refractivity contribution in [2.45, 2.75) is 37.6 Å². The number of carbonyl (C=O) groups excluding carboxylic acids is 1. The van der Waals surface area contributed by atoms with Crippen molar-refractivity contribution in [3.05, 3.63) is 58.1 Å². The van der Waals surface area contributed by atoms with E-state index >= 15 is 0 Å². The van der Waals surface area contributed by atoms with Crippen LogP contribution in [-0.4, -0.2) is 35.2 Å². The predicted molar refractivity (Wildman–Crippen MR) is 106 cm³/mol. The number of aromatic nitrogens is 2. The van der Waals surface area contributed by atoms with Gasteiger partial charge in [-0.2, -0.15) is 5.10 Å². The van der Waals surface area contributed by atoms with Crippen LogP contribution in [0, 0.1) is 0 Å². The lowest BCUT2D eigenvalue weighted by atomic mass is 10.0. The molecule has 1 saturated heterocycles. The second-order valence-electron chi connectivity index (χ2n) is 7.68. The van der Waals surface area contributed by atoms with Gasteiger partial charge in [0.2, 0.25) is 0 Å². The van der Waals surface area contributed by atoms with Crippen LogP contribution < -0.4 is 15.8 Å². The number of amides is 1. The maximum absolute atomic E-state index is 12.6. The van der Waals surface area contributed by atoms with E-state index < -0.39 is 5.63 Å². The van der Waals surface area contributed by atoms with Gasteiger partial charge in [0.15, 0.2) is 5.82 Å². The van der Waals surface area contributed by atoms with E-state index in [-0.39, 0.29) is 17.5 Å². The van der Waals surface area contributed by atoms with E-state index in [4.69, 9.17) is 4.42 Å². The van der Waals surface area contributed by atoms with Gasteiger partial charge in [-0.3, -0.25) is 9.89 Å². The summed E-state index contributed by atoms with van der Waals surface area (Å²) in [7, 11) is 0. The molecule has 0 radical (unpaired) electrons. The summed E-state index contributed by atoms with van der Waals surface area (Å²) in [6.07, 6.45) is 4.13. The summed E-state index contributed by atoms with van der Waals surface area (Å²) in [6, 6.07) is 11.0. The fourth-order valence-electron chi connectivity index (χ4n) is 3.83. The molecule has 2 aromatic heterocycles. The highest BCUT2D eigenvalue weighted by Gasteiger charge is 2.28. The first kappa shape index (κ1) is 17.0. The summed E-state index contributed by atoms with van der Waals surface area (Å²) in [6.45, 7) is 1.65. The molecule has 2 N–H and O–H groups in total. The molecule has 1 saturated carbocycles. The molecule has 0 bridgehead atoms. The minimum absolute atomic E-state index is 0.0384. The zero-order valence-electron chi connectivity index (χ0n) is 15.5. The van der Waals surface area contributed by atoms with E-state index in [1.54, 1.807) is 18.2 Å². The lowest BCUT2D eigenvalue weighted by Crippen LogP contribution is -2.45. The molecule has 1 aliphatic carbocycles. The lowest BCUT2D eigenvalue weighted by Gasteiger charge is -2.32. The Morgan fingerprint density at radius 3 is 2.71 bits per heavy atom. The molecule has 3 heterocycles. The van der Waals surface area contributed by atoms with Gasteiger partial charge in [0.05, 0.1) is 0 Å². The van der Waals surface area contributed by atoms with Gasteiger partial charge in [-0.1, -0.05) is 18.2 Å². The van der Waals surface area contributed by atoms with Crippen molar-refractivity contribution in [1.82, 2.24) is 15.5 Å². The Morgan fingerprint density at radius 2 is 1.93 bits per heavy atom. The first-order valence-electron chi connectivity index (χ1n) is 9.81. The third-order valence-corrected chi connectivity index (χ3v) is 5.64. The van der Waals surface area contributed by atoms with Crippen molar-refractivity contribution >= 4 is 22.7 Å². The molecule has 0 atom stereocenters. The van der Waals surface area contributed by atoms with Gasteiger partial charge in [-0.15, -0.1) is 0 Å². The van der Waals surface area contributed by atoms with Gasteiger partial charge in [-0.05, 0) is 37.8 Å². The Labute approximate surface area is 161 Å². The standard InChI is InChI=1S/C21H22N4O3/c26-20(16-11-14-3-1-2-4-18(14)28-21(16)27)22-15-7-9-25(10-8-15)19-12-17(23-24-19)13-5-6-13/h1-4,11-13,15H,5-10H2,(H,22,26)(H,23,24). The maximum Gasteiger partial charge on any atom is 0.349 e. The fourth-order valence-corrected chi connectivity index (χ4v) is 3.83. The number of hydrogen-bond acceptors (Lipinski definition) is 5. The first-order valence-corrected chi connectivity index (χ1v) is 9.81. The zero-order valence-corrected chi connectivity index (χ0v) is 15.5. The van der Waals surface area contributed by atoms with Crippen molar-refractivity contribution in [3.63, 3.8) is 0 Å². The van der Waals surface area contributed by atoms with Crippen molar-refractivity contribution in [3.8, 4) is 0 Å². The van der Waals surface area contributed by atoms with Crippen LogP contribution in [-0.2, 0) is 0 Å². The Balaban J connectivity index is 1.23. The van der Waals surface area contributed by atoms with E-state index in [1.165, 1.54) is 18.5 Å². The van der Waals surface area contributed by atoms with E-state index in [0.29, 0.717) is 11.5 Å². The number of nitrogens with one attached hydrogen (secondary N) is 2. The normalized spacial score (nSPS) is 17.8. The summed E-state index contributed by atoms with van der Waals surface area (Å²) in [5.41, 5.74) is 1.18. The minimum atomic E-state index is -0.599. The molecule has 2 fully saturated rings. The third kappa shape index (κ3) is 3.28. The van der Waals surface area contributed by atoms with Gasteiger partial charge in [0.1, 0.15) is 11.1 Å². The number of rotatable bonds is 4. The largest absolute Gasteiger partial charge is 0.422 e. The highest BCUT2D eigenvalue weighted by Crippen LogP contribution is 2.40. The summed E-state index contributed by atoms with van der Waals surface area (Å²) >= 11 is 0. The number of aromatic amines is 1. The predicted octanol–water partition coefficient (Wildman–Crippen LogP) is 2.79. The number of carbonyl (C=O) groups is 1. The van der Waals surface area contributed by atoms with E-state index in [0.717, 1.165) is 37.1 Å². The molecule has 1 aromatic carbocycles. The Morgan fingerprint density at radius 1 is 1.14 bits per heavy atom. The molecule has 1 amide bonds. The second kappa shape index (κ2) is 6.82. The fraction of sp³-hybridized carbons (Fsp3) is 0.381. The summed E-state index contributed by atoms with van der Waals surface area (Å²) < 4.78 is 5.27. The van der Waals surface area contributed by atoms with Crippen LogP contribution in [0.2, 0.25) is 0 Å². The molecule has 0 spiro atoms. The Bertz CT molecular complexity index is 1070. The highest BCUT2D eigenvalue weighted by atomic mass is 16.4. The van der Waals surface area contributed by atoms with Crippen LogP contribution in [0.5, 0.6) is 0 Å². The molecule has 1 aliphatic heterocycles. The number of anilines is 1. The van der Waals surface area contributed by atoms with Crippen LogP contribution in [0.25, 0.3) is 11.0 Å². The summed E-state index contributed by atoms with van der Waals surface area (Å²) in [5, 5.41) is 11.3. The average Bonchev–Trinajstić information content (AvgIpc) is 3.45. The second-order valence-corrected chi connectivity index (χ2v) is 7.68. The maximum atomic E-state index is 12.6. The van der Waals surface area contributed by atoms with Crippen molar-refractivity contribution < 1.29 is 9.21 Å². The van der Waals surface area contributed by atoms with E-state index in [1.807, 2.05) is 12.1 Å². The van der Waals surface area contributed by atoms with Crippen molar-refractivity contribution in [2.75, 3.05) is 18.0 Å². The minimum Gasteiger partial charge on any atom is -0.422 e. The van der Waals surface area contributed by atoms with Gasteiger partial charge in [0.25, 0.3) is 5.91 Å². The van der Waals surface area contributed by atoms with Crippen LogP contribution in [0.4, 0.5) is 5.82 Å². The van der Waals surface area contributed by atoms with Crippen LogP contribution in [0.15, 0.2) is 45.6 Å². The van der Waals surface area contributed by atoms with E-state index in [9.17, 15) is 9.59 Å². The highest BCUT2D eigenvalue weighted by molar-refractivity contribution is 5.96. The van der Waals surface area contributed by atoms with Gasteiger partial charge < -0.3 is 14.6 Å². The van der Waals surface area contributed by atoms with Crippen LogP contribution in [0.1, 0.15) is 47.7 Å². The molecule has 2 aliphatic rings. The number of fused-ring (bicyclic) bond motifs is 1. The number of para-hydroxylation sites is 1.